The summed E-state index contributed by atoms with van der Waals surface area (Å²) in [6.45, 7) is 1.73. The third-order valence-corrected chi connectivity index (χ3v) is 1.60. The number of hydrogen-bond acceptors (Lipinski definition) is 2. The Hall–Kier alpha value is -0.670. The maximum atomic E-state index is 4.96. The molecule has 0 amide bonds. The highest BCUT2D eigenvalue weighted by atomic mass is 16.5. The standard InChI is InChI=1S/C7H13N2O/c1-9(5-6-10-2)4-3-8-7-9/h3-4,7H,5-6H2,1-2H3/q+1. The quantitative estimate of drug-likeness (QED) is 0.527. The fraction of sp³-hybridized carbons (Fsp3) is 0.571. The van der Waals surface area contributed by atoms with Crippen LogP contribution < -0.4 is 0 Å². The van der Waals surface area contributed by atoms with Crippen LogP contribution in [0.2, 0.25) is 0 Å². The maximum absolute atomic E-state index is 4.96. The molecular weight excluding hydrogens is 128 g/mol. The fourth-order valence-electron chi connectivity index (χ4n) is 0.840. The summed E-state index contributed by atoms with van der Waals surface area (Å²) in [6.07, 6.45) is 5.76. The Morgan fingerprint density at radius 3 is 2.90 bits per heavy atom. The van der Waals surface area contributed by atoms with Crippen LogP contribution in [0.1, 0.15) is 0 Å². The van der Waals surface area contributed by atoms with Crippen molar-refractivity contribution in [3.8, 4) is 0 Å². The summed E-state index contributed by atoms with van der Waals surface area (Å²) in [5, 5.41) is 0. The van der Waals surface area contributed by atoms with E-state index in [0.717, 1.165) is 17.6 Å². The predicted molar refractivity (Wildman–Crippen MR) is 40.6 cm³/mol. The van der Waals surface area contributed by atoms with E-state index >= 15 is 0 Å². The van der Waals surface area contributed by atoms with Crippen molar-refractivity contribution in [2.45, 2.75) is 0 Å². The van der Waals surface area contributed by atoms with Gasteiger partial charge >= 0.3 is 0 Å². The third kappa shape index (κ3) is 1.65. The lowest BCUT2D eigenvalue weighted by molar-refractivity contribution is -0.757. The molecule has 0 aromatic carbocycles. The molecule has 0 bridgehead atoms. The lowest BCUT2D eigenvalue weighted by Crippen LogP contribution is -2.37. The van der Waals surface area contributed by atoms with Gasteiger partial charge in [0, 0.05) is 7.11 Å². The smallest absolute Gasteiger partial charge is 0.194 e. The first-order valence-electron chi connectivity index (χ1n) is 3.33. The Kier molecular flexibility index (Phi) is 2.19. The van der Waals surface area contributed by atoms with Gasteiger partial charge in [0.05, 0.1) is 19.9 Å². The zero-order valence-corrected chi connectivity index (χ0v) is 6.45. The number of aliphatic imine (C=N–C) groups is 1. The zero-order chi connectivity index (χ0) is 7.45. The molecule has 0 radical (unpaired) electrons. The number of hydrogen-bond donors (Lipinski definition) is 0. The summed E-state index contributed by atoms with van der Waals surface area (Å²) in [5.74, 6) is 0. The average molecular weight is 141 g/mol. The second-order valence-electron chi connectivity index (χ2n) is 2.63. The molecule has 0 aromatic rings. The largest absolute Gasteiger partial charge is 0.379 e. The molecule has 0 saturated carbocycles. The molecule has 0 aromatic heterocycles. The van der Waals surface area contributed by atoms with Crippen LogP contribution in [-0.4, -0.2) is 38.1 Å². The summed E-state index contributed by atoms with van der Waals surface area (Å²) in [4.78, 5) is 4.00. The Morgan fingerprint density at radius 1 is 1.60 bits per heavy atom. The maximum Gasteiger partial charge on any atom is 0.194 e. The van der Waals surface area contributed by atoms with Crippen molar-refractivity contribution in [2.75, 3.05) is 27.3 Å². The van der Waals surface area contributed by atoms with Gasteiger partial charge in [-0.2, -0.15) is 0 Å². The molecule has 0 N–H and O–H groups in total. The molecule has 1 rings (SSSR count). The Morgan fingerprint density at radius 2 is 2.40 bits per heavy atom. The summed E-state index contributed by atoms with van der Waals surface area (Å²) in [5.41, 5.74) is 0. The highest BCUT2D eigenvalue weighted by Crippen LogP contribution is 2.05. The molecule has 0 aliphatic carbocycles. The van der Waals surface area contributed by atoms with Gasteiger partial charge in [-0.1, -0.05) is 0 Å². The highest BCUT2D eigenvalue weighted by Gasteiger charge is 2.17. The van der Waals surface area contributed by atoms with Crippen LogP contribution in [0.3, 0.4) is 0 Å². The lowest BCUT2D eigenvalue weighted by atomic mass is 10.5. The summed E-state index contributed by atoms with van der Waals surface area (Å²) in [6, 6.07) is 0. The average Bonchev–Trinajstić information content (AvgIpc) is 2.33. The van der Waals surface area contributed by atoms with Gasteiger partial charge in [-0.15, -0.1) is 0 Å². The Bertz CT molecular complexity index is 151. The molecule has 0 saturated heterocycles. The van der Waals surface area contributed by atoms with Crippen LogP contribution in [0, 0.1) is 0 Å². The molecule has 1 atom stereocenters. The van der Waals surface area contributed by atoms with Gasteiger partial charge in [-0.25, -0.2) is 4.99 Å². The van der Waals surface area contributed by atoms with E-state index < -0.39 is 0 Å². The summed E-state index contributed by atoms with van der Waals surface area (Å²) >= 11 is 0. The van der Waals surface area contributed by atoms with E-state index in [1.54, 1.807) is 7.11 Å². The number of ether oxygens (including phenoxy) is 1. The van der Waals surface area contributed by atoms with Crippen molar-refractivity contribution >= 4 is 6.34 Å². The van der Waals surface area contributed by atoms with Crippen molar-refractivity contribution in [2.24, 2.45) is 4.99 Å². The van der Waals surface area contributed by atoms with Gasteiger partial charge in [-0.05, 0) is 0 Å². The summed E-state index contributed by atoms with van der Waals surface area (Å²) in [7, 11) is 3.80. The van der Waals surface area contributed by atoms with Crippen molar-refractivity contribution in [1.82, 2.24) is 0 Å². The molecule has 10 heavy (non-hydrogen) atoms. The Labute approximate surface area is 61.2 Å². The molecule has 3 nitrogen and oxygen atoms in total. The normalized spacial score (nSPS) is 29.8. The zero-order valence-electron chi connectivity index (χ0n) is 6.45. The van der Waals surface area contributed by atoms with E-state index in [1.807, 2.05) is 18.7 Å². The predicted octanol–water partition coefficient (Wildman–Crippen LogP) is 0.593. The molecule has 1 heterocycles. The lowest BCUT2D eigenvalue weighted by Gasteiger charge is -2.20. The number of quaternary nitrogens is 1. The Balaban J connectivity index is 2.38. The minimum absolute atomic E-state index is 0.758. The first-order valence-corrected chi connectivity index (χ1v) is 3.33. The van der Waals surface area contributed by atoms with Crippen molar-refractivity contribution < 1.29 is 9.22 Å². The van der Waals surface area contributed by atoms with Crippen LogP contribution >= 0.6 is 0 Å². The van der Waals surface area contributed by atoms with E-state index in [1.165, 1.54) is 0 Å². The SMILES string of the molecule is COCC[N+]1(C)C=CN=C1. The van der Waals surface area contributed by atoms with Crippen molar-refractivity contribution in [3.05, 3.63) is 12.4 Å². The molecule has 1 aliphatic rings. The van der Waals surface area contributed by atoms with E-state index in [-0.39, 0.29) is 0 Å². The summed E-state index contributed by atoms with van der Waals surface area (Å²) < 4.78 is 5.72. The minimum Gasteiger partial charge on any atom is -0.379 e. The second kappa shape index (κ2) is 2.94. The topological polar surface area (TPSA) is 21.6 Å². The molecule has 56 valence electrons. The van der Waals surface area contributed by atoms with E-state index in [9.17, 15) is 0 Å². The number of methoxy groups -OCH3 is 1. The minimum atomic E-state index is 0.758. The van der Waals surface area contributed by atoms with Crippen LogP contribution in [0.15, 0.2) is 17.4 Å². The molecule has 1 unspecified atom stereocenters. The molecular formula is C7H13N2O+. The molecule has 1 aliphatic heterocycles. The van der Waals surface area contributed by atoms with Gasteiger partial charge in [0.1, 0.15) is 12.7 Å². The van der Waals surface area contributed by atoms with Crippen LogP contribution in [0.5, 0.6) is 0 Å². The van der Waals surface area contributed by atoms with Crippen LogP contribution in [-0.2, 0) is 4.74 Å². The van der Waals surface area contributed by atoms with E-state index in [0.29, 0.717) is 0 Å². The van der Waals surface area contributed by atoms with Gasteiger partial charge in [0.2, 0.25) is 0 Å². The van der Waals surface area contributed by atoms with Crippen LogP contribution in [0.25, 0.3) is 0 Å². The number of nitrogens with zero attached hydrogens (tertiary/aromatic N) is 2. The van der Waals surface area contributed by atoms with E-state index in [4.69, 9.17) is 4.74 Å². The second-order valence-corrected chi connectivity index (χ2v) is 2.63. The monoisotopic (exact) mass is 141 g/mol. The van der Waals surface area contributed by atoms with Gasteiger partial charge in [0.25, 0.3) is 0 Å². The molecule has 3 heteroatoms. The van der Waals surface area contributed by atoms with E-state index in [2.05, 4.69) is 12.0 Å². The van der Waals surface area contributed by atoms with Crippen molar-refractivity contribution in [1.29, 1.82) is 0 Å². The van der Waals surface area contributed by atoms with Gasteiger partial charge < -0.3 is 4.74 Å². The van der Waals surface area contributed by atoms with Gasteiger partial charge in [0.15, 0.2) is 6.34 Å². The number of rotatable bonds is 3. The van der Waals surface area contributed by atoms with Gasteiger partial charge in [-0.3, -0.25) is 4.48 Å². The third-order valence-electron chi connectivity index (χ3n) is 1.60. The van der Waals surface area contributed by atoms with Crippen LogP contribution in [0.4, 0.5) is 0 Å². The number of likely N-dealkylation sites (N-methyl/N-ethyl adjacent to an activating group) is 1. The van der Waals surface area contributed by atoms with Crippen molar-refractivity contribution in [3.63, 3.8) is 0 Å². The fourth-order valence-corrected chi connectivity index (χ4v) is 0.840. The highest BCUT2D eigenvalue weighted by molar-refractivity contribution is 5.50. The first-order chi connectivity index (χ1) is 4.77. The molecule has 0 spiro atoms. The molecule has 0 fully saturated rings. The first kappa shape index (κ1) is 7.44.